The third-order valence-corrected chi connectivity index (χ3v) is 1.80. The number of hydrogen-bond donors (Lipinski definition) is 2. The highest BCUT2D eigenvalue weighted by Gasteiger charge is 2.12. The first-order valence-corrected chi connectivity index (χ1v) is 3.97. The van der Waals surface area contributed by atoms with Crippen LogP contribution in [0.4, 0.5) is 0 Å². The summed E-state index contributed by atoms with van der Waals surface area (Å²) in [5, 5.41) is 9.20. The van der Waals surface area contributed by atoms with Crippen LogP contribution in [0.1, 0.15) is 24.2 Å². The second-order valence-electron chi connectivity index (χ2n) is 3.02. The van der Waals surface area contributed by atoms with Crippen molar-refractivity contribution in [2.24, 2.45) is 5.73 Å². The quantitative estimate of drug-likeness (QED) is 0.682. The Balaban J connectivity index is 2.88. The van der Waals surface area contributed by atoms with Gasteiger partial charge in [0.15, 0.2) is 0 Å². The van der Waals surface area contributed by atoms with E-state index in [0.717, 1.165) is 11.3 Å². The monoisotopic (exact) mass is 166 g/mol. The third-order valence-electron chi connectivity index (χ3n) is 1.80. The number of nitrogens with zero attached hydrogens (tertiary/aromatic N) is 1. The molecular weight excluding hydrogens is 152 g/mol. The van der Waals surface area contributed by atoms with E-state index in [4.69, 9.17) is 5.73 Å². The van der Waals surface area contributed by atoms with Crippen LogP contribution in [-0.4, -0.2) is 16.2 Å². The third kappa shape index (κ3) is 2.03. The predicted octanol–water partition coefficient (Wildman–Crippen LogP) is 0.771. The van der Waals surface area contributed by atoms with Gasteiger partial charge >= 0.3 is 0 Å². The lowest BCUT2D eigenvalue weighted by Gasteiger charge is -2.13. The van der Waals surface area contributed by atoms with Gasteiger partial charge in [-0.3, -0.25) is 4.98 Å². The normalized spacial score (nSPS) is 15.7. The number of aromatic nitrogens is 1. The lowest BCUT2D eigenvalue weighted by atomic mass is 10.1. The molecule has 1 heterocycles. The number of aliphatic hydroxyl groups is 1. The smallest absolute Gasteiger partial charge is 0.0731 e. The van der Waals surface area contributed by atoms with E-state index in [2.05, 4.69) is 4.98 Å². The Kier molecular flexibility index (Phi) is 2.78. The first kappa shape index (κ1) is 9.16. The van der Waals surface area contributed by atoms with Crippen molar-refractivity contribution in [1.29, 1.82) is 0 Å². The van der Waals surface area contributed by atoms with Crippen LogP contribution in [0.3, 0.4) is 0 Å². The zero-order valence-corrected chi connectivity index (χ0v) is 7.36. The lowest BCUT2D eigenvalue weighted by Crippen LogP contribution is -2.24. The molecule has 12 heavy (non-hydrogen) atoms. The molecule has 0 aliphatic heterocycles. The minimum Gasteiger partial charge on any atom is -0.391 e. The average Bonchev–Trinajstić information content (AvgIpc) is 2.03. The van der Waals surface area contributed by atoms with Gasteiger partial charge in [-0.2, -0.15) is 0 Å². The molecule has 3 N–H and O–H groups in total. The van der Waals surface area contributed by atoms with E-state index in [1.807, 2.05) is 19.1 Å². The van der Waals surface area contributed by atoms with E-state index in [1.165, 1.54) is 0 Å². The topological polar surface area (TPSA) is 59.1 Å². The molecule has 0 spiro atoms. The Labute approximate surface area is 72.2 Å². The molecule has 1 aromatic heterocycles. The van der Waals surface area contributed by atoms with Crippen molar-refractivity contribution in [3.63, 3.8) is 0 Å². The van der Waals surface area contributed by atoms with Crippen LogP contribution in [0.5, 0.6) is 0 Å². The maximum absolute atomic E-state index is 9.20. The molecule has 1 rings (SSSR count). The summed E-state index contributed by atoms with van der Waals surface area (Å²) in [5.41, 5.74) is 7.54. The Morgan fingerprint density at radius 1 is 1.58 bits per heavy atom. The molecule has 0 fully saturated rings. The molecule has 3 heteroatoms. The lowest BCUT2D eigenvalue weighted by molar-refractivity contribution is 0.162. The van der Waals surface area contributed by atoms with Gasteiger partial charge in [0, 0.05) is 6.20 Å². The minimum absolute atomic E-state index is 0.384. The highest BCUT2D eigenvalue weighted by atomic mass is 16.3. The number of rotatable bonds is 2. The van der Waals surface area contributed by atoms with Crippen molar-refractivity contribution in [3.8, 4) is 0 Å². The standard InChI is InChI=1S/C9H14N2O/c1-6-3-4-11-8(5-6)9(10)7(2)12/h3-5,7,9,12H,10H2,1-2H3/t7-,9+/m0/s1. The van der Waals surface area contributed by atoms with Crippen LogP contribution in [0, 0.1) is 6.92 Å². The van der Waals surface area contributed by atoms with Gasteiger partial charge in [-0.1, -0.05) is 0 Å². The fraction of sp³-hybridized carbons (Fsp3) is 0.444. The molecule has 0 radical (unpaired) electrons. The van der Waals surface area contributed by atoms with Crippen LogP contribution in [0.15, 0.2) is 18.3 Å². The zero-order chi connectivity index (χ0) is 9.14. The summed E-state index contributed by atoms with van der Waals surface area (Å²) in [6, 6.07) is 3.40. The summed E-state index contributed by atoms with van der Waals surface area (Å²) in [6.07, 6.45) is 1.15. The minimum atomic E-state index is -0.556. The van der Waals surface area contributed by atoms with Gasteiger partial charge in [0.1, 0.15) is 0 Å². The molecule has 0 aliphatic rings. The van der Waals surface area contributed by atoms with Gasteiger partial charge in [0.2, 0.25) is 0 Å². The van der Waals surface area contributed by atoms with Crippen molar-refractivity contribution >= 4 is 0 Å². The predicted molar refractivity (Wildman–Crippen MR) is 47.6 cm³/mol. The molecule has 0 aromatic carbocycles. The number of aryl methyl sites for hydroxylation is 1. The highest BCUT2D eigenvalue weighted by molar-refractivity contribution is 5.17. The Morgan fingerprint density at radius 3 is 2.75 bits per heavy atom. The molecule has 66 valence electrons. The molecule has 0 aliphatic carbocycles. The molecule has 0 unspecified atom stereocenters. The second kappa shape index (κ2) is 3.65. The first-order chi connectivity index (χ1) is 5.61. The van der Waals surface area contributed by atoms with E-state index in [0.29, 0.717) is 0 Å². The summed E-state index contributed by atoms with van der Waals surface area (Å²) >= 11 is 0. The molecule has 0 saturated heterocycles. The van der Waals surface area contributed by atoms with Gasteiger partial charge < -0.3 is 10.8 Å². The molecule has 0 bridgehead atoms. The molecule has 0 amide bonds. The van der Waals surface area contributed by atoms with Crippen molar-refractivity contribution < 1.29 is 5.11 Å². The van der Waals surface area contributed by atoms with E-state index >= 15 is 0 Å². The summed E-state index contributed by atoms with van der Waals surface area (Å²) < 4.78 is 0. The van der Waals surface area contributed by atoms with E-state index < -0.39 is 6.10 Å². The molecule has 3 nitrogen and oxygen atoms in total. The molecular formula is C9H14N2O. The molecule has 0 saturated carbocycles. The van der Waals surface area contributed by atoms with E-state index in [1.54, 1.807) is 13.1 Å². The maximum atomic E-state index is 9.20. The van der Waals surface area contributed by atoms with Gasteiger partial charge in [-0.15, -0.1) is 0 Å². The van der Waals surface area contributed by atoms with Gasteiger partial charge in [0.25, 0.3) is 0 Å². The summed E-state index contributed by atoms with van der Waals surface area (Å²) in [5.74, 6) is 0. The van der Waals surface area contributed by atoms with Crippen molar-refractivity contribution in [2.75, 3.05) is 0 Å². The Bertz CT molecular complexity index is 260. The van der Waals surface area contributed by atoms with E-state index in [-0.39, 0.29) is 6.04 Å². The van der Waals surface area contributed by atoms with Crippen LogP contribution < -0.4 is 5.73 Å². The summed E-state index contributed by atoms with van der Waals surface area (Å²) in [4.78, 5) is 4.08. The summed E-state index contributed by atoms with van der Waals surface area (Å²) in [6.45, 7) is 3.63. The largest absolute Gasteiger partial charge is 0.391 e. The Hall–Kier alpha value is -0.930. The SMILES string of the molecule is Cc1ccnc([C@H](N)[C@H](C)O)c1. The molecule has 2 atom stereocenters. The van der Waals surface area contributed by atoms with Gasteiger partial charge in [-0.25, -0.2) is 0 Å². The Morgan fingerprint density at radius 2 is 2.25 bits per heavy atom. The number of aliphatic hydroxyl groups excluding tert-OH is 1. The van der Waals surface area contributed by atoms with Crippen LogP contribution in [-0.2, 0) is 0 Å². The fourth-order valence-corrected chi connectivity index (χ4v) is 0.989. The van der Waals surface area contributed by atoms with Crippen molar-refractivity contribution in [3.05, 3.63) is 29.6 Å². The van der Waals surface area contributed by atoms with Crippen LogP contribution >= 0.6 is 0 Å². The van der Waals surface area contributed by atoms with Crippen LogP contribution in [0.25, 0.3) is 0 Å². The summed E-state index contributed by atoms with van der Waals surface area (Å²) in [7, 11) is 0. The van der Waals surface area contributed by atoms with Crippen molar-refractivity contribution in [2.45, 2.75) is 26.0 Å². The number of nitrogens with two attached hydrogens (primary N) is 1. The van der Waals surface area contributed by atoms with Gasteiger partial charge in [-0.05, 0) is 31.5 Å². The number of pyridine rings is 1. The van der Waals surface area contributed by atoms with Gasteiger partial charge in [0.05, 0.1) is 17.8 Å². The molecule has 1 aromatic rings. The first-order valence-electron chi connectivity index (χ1n) is 3.97. The number of hydrogen-bond acceptors (Lipinski definition) is 3. The zero-order valence-electron chi connectivity index (χ0n) is 7.36. The van der Waals surface area contributed by atoms with Crippen LogP contribution in [0.2, 0.25) is 0 Å². The van der Waals surface area contributed by atoms with E-state index in [9.17, 15) is 5.11 Å². The second-order valence-corrected chi connectivity index (χ2v) is 3.02. The highest BCUT2D eigenvalue weighted by Crippen LogP contribution is 2.11. The average molecular weight is 166 g/mol. The maximum Gasteiger partial charge on any atom is 0.0731 e. The van der Waals surface area contributed by atoms with Crippen molar-refractivity contribution in [1.82, 2.24) is 4.98 Å². The fourth-order valence-electron chi connectivity index (χ4n) is 0.989.